The summed E-state index contributed by atoms with van der Waals surface area (Å²) in [6.07, 6.45) is -0.798. The summed E-state index contributed by atoms with van der Waals surface area (Å²) in [5, 5.41) is 8.86. The fourth-order valence-corrected chi connectivity index (χ4v) is 1.43. The number of methoxy groups -OCH3 is 1. The van der Waals surface area contributed by atoms with Crippen LogP contribution in [0.5, 0.6) is 5.75 Å². The van der Waals surface area contributed by atoms with Gasteiger partial charge in [-0.05, 0) is 6.07 Å². The van der Waals surface area contributed by atoms with Crippen molar-refractivity contribution in [2.24, 2.45) is 0 Å². The van der Waals surface area contributed by atoms with Crippen LogP contribution < -0.4 is 4.74 Å². The quantitative estimate of drug-likeness (QED) is 0.589. The number of carbonyl (C=O) groups excluding carboxylic acids is 1. The molecule has 0 saturated heterocycles. The van der Waals surface area contributed by atoms with Crippen molar-refractivity contribution in [2.45, 2.75) is 13.0 Å². The zero-order chi connectivity index (χ0) is 12.8. The van der Waals surface area contributed by atoms with Gasteiger partial charge < -0.3 is 9.47 Å². The first kappa shape index (κ1) is 12.8. The van der Waals surface area contributed by atoms with Gasteiger partial charge in [-0.25, -0.2) is 0 Å². The normalized spacial score (nSPS) is 11.1. The van der Waals surface area contributed by atoms with Gasteiger partial charge in [-0.2, -0.15) is 5.26 Å². The molecule has 0 aliphatic rings. The summed E-state index contributed by atoms with van der Waals surface area (Å²) < 4.78 is 10.3. The van der Waals surface area contributed by atoms with E-state index in [-0.39, 0.29) is 5.57 Å². The maximum atomic E-state index is 11.0. The number of nitriles is 1. The highest BCUT2D eigenvalue weighted by atomic mass is 16.5. The molecule has 0 radical (unpaired) electrons. The summed E-state index contributed by atoms with van der Waals surface area (Å²) in [6, 6.07) is 8.93. The largest absolute Gasteiger partial charge is 0.496 e. The highest BCUT2D eigenvalue weighted by molar-refractivity contribution is 5.67. The third kappa shape index (κ3) is 3.08. The molecule has 0 fully saturated rings. The summed E-state index contributed by atoms with van der Waals surface area (Å²) in [5.41, 5.74) is 0.765. The minimum absolute atomic E-state index is 0.157. The van der Waals surface area contributed by atoms with Gasteiger partial charge in [-0.3, -0.25) is 4.79 Å². The Balaban J connectivity index is 3.17. The predicted molar refractivity (Wildman–Crippen MR) is 62.3 cm³/mol. The van der Waals surface area contributed by atoms with Crippen LogP contribution in [0.4, 0.5) is 0 Å². The minimum Gasteiger partial charge on any atom is -0.496 e. The SMILES string of the molecule is C=C(C#N)C(OC(C)=O)c1ccccc1OC. The number of esters is 1. The molecule has 0 N–H and O–H groups in total. The maximum Gasteiger partial charge on any atom is 0.303 e. The van der Waals surface area contributed by atoms with E-state index in [4.69, 9.17) is 14.7 Å². The van der Waals surface area contributed by atoms with E-state index in [0.717, 1.165) is 0 Å². The molecule has 1 unspecified atom stereocenters. The molecule has 88 valence electrons. The van der Waals surface area contributed by atoms with Crippen LogP contribution in [-0.4, -0.2) is 13.1 Å². The van der Waals surface area contributed by atoms with Gasteiger partial charge in [0.15, 0.2) is 6.10 Å². The summed E-state index contributed by atoms with van der Waals surface area (Å²) in [5.74, 6) is 0.0763. The average Bonchev–Trinajstić information content (AvgIpc) is 2.34. The lowest BCUT2D eigenvalue weighted by Gasteiger charge is -2.18. The summed E-state index contributed by atoms with van der Waals surface area (Å²) in [7, 11) is 1.51. The van der Waals surface area contributed by atoms with E-state index >= 15 is 0 Å². The van der Waals surface area contributed by atoms with Crippen LogP contribution in [0.1, 0.15) is 18.6 Å². The molecular weight excluding hydrogens is 218 g/mol. The highest BCUT2D eigenvalue weighted by Gasteiger charge is 2.21. The van der Waals surface area contributed by atoms with E-state index in [0.29, 0.717) is 11.3 Å². The highest BCUT2D eigenvalue weighted by Crippen LogP contribution is 2.31. The number of hydrogen-bond acceptors (Lipinski definition) is 4. The monoisotopic (exact) mass is 231 g/mol. The van der Waals surface area contributed by atoms with Crippen molar-refractivity contribution in [1.29, 1.82) is 5.26 Å². The molecule has 1 aromatic rings. The second-order valence-electron chi connectivity index (χ2n) is 3.37. The van der Waals surface area contributed by atoms with Crippen LogP contribution >= 0.6 is 0 Å². The Morgan fingerprint density at radius 3 is 2.65 bits per heavy atom. The average molecular weight is 231 g/mol. The van der Waals surface area contributed by atoms with Crippen molar-refractivity contribution >= 4 is 5.97 Å². The van der Waals surface area contributed by atoms with E-state index < -0.39 is 12.1 Å². The van der Waals surface area contributed by atoms with Crippen molar-refractivity contribution < 1.29 is 14.3 Å². The van der Waals surface area contributed by atoms with Crippen molar-refractivity contribution in [3.8, 4) is 11.8 Å². The molecule has 0 aliphatic heterocycles. The predicted octanol–water partition coefficient (Wildman–Crippen LogP) is 2.38. The standard InChI is InChI=1S/C13H13NO3/c1-9(8-14)13(17-10(2)15)11-6-4-5-7-12(11)16-3/h4-7,13H,1H2,2-3H3. The molecule has 0 aromatic heterocycles. The molecule has 17 heavy (non-hydrogen) atoms. The van der Waals surface area contributed by atoms with E-state index in [1.807, 2.05) is 6.07 Å². The third-order valence-electron chi connectivity index (χ3n) is 2.17. The van der Waals surface area contributed by atoms with Gasteiger partial charge in [-0.15, -0.1) is 0 Å². The maximum absolute atomic E-state index is 11.0. The Labute approximate surface area is 100 Å². The van der Waals surface area contributed by atoms with Crippen LogP contribution in [0.3, 0.4) is 0 Å². The molecule has 1 rings (SSSR count). The van der Waals surface area contributed by atoms with Crippen LogP contribution in [0.2, 0.25) is 0 Å². The first-order valence-corrected chi connectivity index (χ1v) is 4.99. The topological polar surface area (TPSA) is 59.3 Å². The van der Waals surface area contributed by atoms with Gasteiger partial charge in [0, 0.05) is 12.5 Å². The number of hydrogen-bond donors (Lipinski definition) is 0. The van der Waals surface area contributed by atoms with Crippen LogP contribution in [0.15, 0.2) is 36.4 Å². The van der Waals surface area contributed by atoms with Crippen molar-refractivity contribution in [1.82, 2.24) is 0 Å². The van der Waals surface area contributed by atoms with E-state index in [1.54, 1.807) is 24.3 Å². The van der Waals surface area contributed by atoms with Gasteiger partial charge in [0.1, 0.15) is 5.75 Å². The van der Waals surface area contributed by atoms with Gasteiger partial charge >= 0.3 is 5.97 Å². The molecule has 0 bridgehead atoms. The molecule has 4 nitrogen and oxygen atoms in total. The molecule has 0 aliphatic carbocycles. The Morgan fingerprint density at radius 2 is 2.12 bits per heavy atom. The lowest BCUT2D eigenvalue weighted by atomic mass is 10.0. The van der Waals surface area contributed by atoms with Gasteiger partial charge in [-0.1, -0.05) is 24.8 Å². The van der Waals surface area contributed by atoms with Crippen LogP contribution in [0.25, 0.3) is 0 Å². The number of benzene rings is 1. The first-order valence-electron chi connectivity index (χ1n) is 4.99. The molecule has 0 heterocycles. The summed E-state index contributed by atoms with van der Waals surface area (Å²) in [6.45, 7) is 4.87. The molecule has 4 heteroatoms. The number of carbonyl (C=O) groups is 1. The van der Waals surface area contributed by atoms with Gasteiger partial charge in [0.25, 0.3) is 0 Å². The summed E-state index contributed by atoms with van der Waals surface area (Å²) in [4.78, 5) is 11.0. The van der Waals surface area contributed by atoms with E-state index in [9.17, 15) is 4.79 Å². The number of ether oxygens (including phenoxy) is 2. The zero-order valence-corrected chi connectivity index (χ0v) is 9.77. The Kier molecular flexibility index (Phi) is 4.29. The zero-order valence-electron chi connectivity index (χ0n) is 9.77. The Bertz CT molecular complexity index is 474. The van der Waals surface area contributed by atoms with E-state index in [2.05, 4.69) is 6.58 Å². The molecule has 0 saturated carbocycles. The first-order chi connectivity index (χ1) is 8.10. The van der Waals surface area contributed by atoms with Crippen LogP contribution in [0, 0.1) is 11.3 Å². The number of para-hydroxylation sites is 1. The Hall–Kier alpha value is -2.28. The van der Waals surface area contributed by atoms with Crippen LogP contribution in [-0.2, 0) is 9.53 Å². The van der Waals surface area contributed by atoms with Gasteiger partial charge in [0.2, 0.25) is 0 Å². The van der Waals surface area contributed by atoms with Crippen molar-refractivity contribution in [3.63, 3.8) is 0 Å². The number of nitrogens with zero attached hydrogens (tertiary/aromatic N) is 1. The van der Waals surface area contributed by atoms with Crippen molar-refractivity contribution in [2.75, 3.05) is 7.11 Å². The number of rotatable bonds is 4. The second-order valence-corrected chi connectivity index (χ2v) is 3.37. The molecular formula is C13H13NO3. The lowest BCUT2D eigenvalue weighted by Crippen LogP contribution is -2.11. The van der Waals surface area contributed by atoms with Crippen molar-refractivity contribution in [3.05, 3.63) is 42.0 Å². The minimum atomic E-state index is -0.798. The van der Waals surface area contributed by atoms with E-state index in [1.165, 1.54) is 14.0 Å². The molecule has 1 aromatic carbocycles. The molecule has 0 amide bonds. The fraction of sp³-hybridized carbons (Fsp3) is 0.231. The molecule has 0 spiro atoms. The lowest BCUT2D eigenvalue weighted by molar-refractivity contribution is -0.144. The smallest absolute Gasteiger partial charge is 0.303 e. The summed E-state index contributed by atoms with van der Waals surface area (Å²) >= 11 is 0. The Morgan fingerprint density at radius 1 is 1.47 bits per heavy atom. The second kappa shape index (κ2) is 5.71. The molecule has 1 atom stereocenters. The third-order valence-corrected chi connectivity index (χ3v) is 2.17. The van der Waals surface area contributed by atoms with Gasteiger partial charge in [0.05, 0.1) is 18.8 Å². The fourth-order valence-electron chi connectivity index (χ4n) is 1.43.